The van der Waals surface area contributed by atoms with Crippen LogP contribution in [0.5, 0.6) is 0 Å². The summed E-state index contributed by atoms with van der Waals surface area (Å²) in [6.45, 7) is 2.27. The Morgan fingerprint density at radius 1 is 1.36 bits per heavy atom. The average molecular weight is 157 g/mol. The van der Waals surface area contributed by atoms with Crippen molar-refractivity contribution in [3.05, 3.63) is 0 Å². The molecule has 1 rings (SSSR count). The first kappa shape index (κ1) is 13.1. The number of terminal acetylenes is 1. The van der Waals surface area contributed by atoms with Gasteiger partial charge in [0.2, 0.25) is 0 Å². The lowest BCUT2D eigenvalue weighted by atomic mass is 10.3. The molecule has 0 aromatic carbocycles. The van der Waals surface area contributed by atoms with E-state index < -0.39 is 0 Å². The molecule has 11 heavy (non-hydrogen) atoms. The van der Waals surface area contributed by atoms with Gasteiger partial charge in [-0.2, -0.15) is 0 Å². The van der Waals surface area contributed by atoms with Gasteiger partial charge in [0.05, 0.1) is 0 Å². The molecule has 1 fully saturated rings. The summed E-state index contributed by atoms with van der Waals surface area (Å²) in [4.78, 5) is 2.25. The molecule has 4 N–H and O–H groups in total. The fourth-order valence-electron chi connectivity index (χ4n) is 0.969. The van der Waals surface area contributed by atoms with E-state index in [-0.39, 0.29) is 0 Å². The third kappa shape index (κ3) is 7.34. The zero-order valence-corrected chi connectivity index (χ0v) is 7.46. The van der Waals surface area contributed by atoms with Crippen molar-refractivity contribution in [2.24, 2.45) is 11.5 Å². The predicted octanol–water partition coefficient (Wildman–Crippen LogP) is -0.526. The second kappa shape index (κ2) is 9.44. The van der Waals surface area contributed by atoms with E-state index in [4.69, 9.17) is 5.73 Å². The van der Waals surface area contributed by atoms with Crippen molar-refractivity contribution in [2.75, 3.05) is 27.2 Å². The van der Waals surface area contributed by atoms with Crippen molar-refractivity contribution in [2.45, 2.75) is 12.5 Å². The molecular formula is C8H19N3. The number of hydrogen-bond acceptors (Lipinski definition) is 3. The molecule has 0 saturated carbocycles. The van der Waals surface area contributed by atoms with Crippen LogP contribution < -0.4 is 11.5 Å². The summed E-state index contributed by atoms with van der Waals surface area (Å²) in [6, 6.07) is 0.449. The molecule has 0 spiro atoms. The summed E-state index contributed by atoms with van der Waals surface area (Å²) in [7, 11) is 3.60. The molecule has 0 radical (unpaired) electrons. The number of rotatable bonds is 0. The summed E-state index contributed by atoms with van der Waals surface area (Å²) in [5, 5.41) is 0. The van der Waals surface area contributed by atoms with Gasteiger partial charge in [-0.05, 0) is 27.1 Å². The molecule has 1 aliphatic heterocycles. The van der Waals surface area contributed by atoms with E-state index in [1.807, 2.05) is 0 Å². The standard InChI is InChI=1S/C5H12N2.C2H2.CH5N/c1-7-3-2-5(6)4-7;2*1-2/h5H,2-4,6H2,1H3;1-2H;2H2,1H3/t5-;;/m0../s1. The smallest absolute Gasteiger partial charge is 0.0179 e. The lowest BCUT2D eigenvalue weighted by Gasteiger charge is -2.03. The van der Waals surface area contributed by atoms with Gasteiger partial charge < -0.3 is 16.4 Å². The molecule has 66 valence electrons. The van der Waals surface area contributed by atoms with Gasteiger partial charge in [0.1, 0.15) is 0 Å². The first-order chi connectivity index (χ1) is 5.29. The zero-order valence-electron chi connectivity index (χ0n) is 7.46. The Hall–Kier alpha value is -0.560. The van der Waals surface area contributed by atoms with Crippen LogP contribution >= 0.6 is 0 Å². The van der Waals surface area contributed by atoms with Gasteiger partial charge >= 0.3 is 0 Å². The molecule has 0 amide bonds. The number of nitrogens with zero attached hydrogens (tertiary/aromatic N) is 1. The lowest BCUT2D eigenvalue weighted by molar-refractivity contribution is 0.411. The molecule has 0 unspecified atom stereocenters. The largest absolute Gasteiger partial charge is 0.333 e. The van der Waals surface area contributed by atoms with Crippen molar-refractivity contribution in [3.8, 4) is 12.8 Å². The fourth-order valence-corrected chi connectivity index (χ4v) is 0.969. The fraction of sp³-hybridized carbons (Fsp3) is 0.750. The van der Waals surface area contributed by atoms with Crippen LogP contribution in [-0.2, 0) is 0 Å². The van der Waals surface area contributed by atoms with Gasteiger partial charge in [0.25, 0.3) is 0 Å². The third-order valence-electron chi connectivity index (χ3n) is 1.43. The van der Waals surface area contributed by atoms with Gasteiger partial charge in [-0.25, -0.2) is 0 Å². The van der Waals surface area contributed by atoms with E-state index in [0.29, 0.717) is 6.04 Å². The van der Waals surface area contributed by atoms with Crippen molar-refractivity contribution in [1.29, 1.82) is 0 Å². The molecule has 3 heteroatoms. The van der Waals surface area contributed by atoms with Crippen LogP contribution in [0.25, 0.3) is 0 Å². The van der Waals surface area contributed by atoms with Crippen LogP contribution in [0.4, 0.5) is 0 Å². The van der Waals surface area contributed by atoms with Crippen LogP contribution in [0, 0.1) is 12.8 Å². The summed E-state index contributed by atoms with van der Waals surface area (Å²) >= 11 is 0. The highest BCUT2D eigenvalue weighted by Gasteiger charge is 2.13. The molecule has 0 aliphatic carbocycles. The highest BCUT2D eigenvalue weighted by atomic mass is 15.1. The lowest BCUT2D eigenvalue weighted by Crippen LogP contribution is -2.23. The maximum absolute atomic E-state index is 5.58. The first-order valence-electron chi connectivity index (χ1n) is 3.64. The summed E-state index contributed by atoms with van der Waals surface area (Å²) in [5.74, 6) is 0. The Kier molecular flexibility index (Phi) is 11.2. The Morgan fingerprint density at radius 3 is 1.91 bits per heavy atom. The van der Waals surface area contributed by atoms with E-state index >= 15 is 0 Å². The maximum atomic E-state index is 5.58. The first-order valence-corrected chi connectivity index (χ1v) is 3.64. The Labute approximate surface area is 69.7 Å². The van der Waals surface area contributed by atoms with E-state index in [2.05, 4.69) is 30.5 Å². The molecule has 0 bridgehead atoms. The Morgan fingerprint density at radius 2 is 1.82 bits per heavy atom. The molecular weight excluding hydrogens is 138 g/mol. The molecule has 1 heterocycles. The highest BCUT2D eigenvalue weighted by Crippen LogP contribution is 2.01. The SMILES string of the molecule is C#C.CN.CN1CC[C@H](N)C1. The van der Waals surface area contributed by atoms with E-state index in [1.54, 1.807) is 0 Å². The van der Waals surface area contributed by atoms with Crippen LogP contribution in [0.15, 0.2) is 0 Å². The quantitative estimate of drug-likeness (QED) is 0.465. The van der Waals surface area contributed by atoms with Crippen LogP contribution in [-0.4, -0.2) is 38.1 Å². The normalized spacial score (nSPS) is 22.5. The average Bonchev–Trinajstić information content (AvgIpc) is 2.43. The Bertz CT molecular complexity index is 82.6. The minimum Gasteiger partial charge on any atom is -0.333 e. The molecule has 3 nitrogen and oxygen atoms in total. The molecule has 1 aliphatic rings. The summed E-state index contributed by atoms with van der Waals surface area (Å²) in [6.07, 6.45) is 9.18. The van der Waals surface area contributed by atoms with Crippen molar-refractivity contribution in [1.82, 2.24) is 4.90 Å². The molecule has 1 atom stereocenters. The number of likely N-dealkylation sites (N-methyl/N-ethyl adjacent to an activating group) is 1. The zero-order chi connectivity index (χ0) is 9.28. The minimum atomic E-state index is 0.449. The second-order valence-electron chi connectivity index (χ2n) is 2.31. The third-order valence-corrected chi connectivity index (χ3v) is 1.43. The van der Waals surface area contributed by atoms with Gasteiger partial charge in [-0.15, -0.1) is 12.8 Å². The predicted molar refractivity (Wildman–Crippen MR) is 50.1 cm³/mol. The summed E-state index contributed by atoms with van der Waals surface area (Å²) < 4.78 is 0. The minimum absolute atomic E-state index is 0.449. The van der Waals surface area contributed by atoms with Crippen molar-refractivity contribution >= 4 is 0 Å². The number of likely N-dealkylation sites (tertiary alicyclic amines) is 1. The number of nitrogens with two attached hydrogens (primary N) is 2. The monoisotopic (exact) mass is 157 g/mol. The van der Waals surface area contributed by atoms with Crippen LogP contribution in [0.2, 0.25) is 0 Å². The molecule has 0 aromatic heterocycles. The van der Waals surface area contributed by atoms with Crippen molar-refractivity contribution < 1.29 is 0 Å². The molecule has 1 saturated heterocycles. The number of hydrogen-bond donors (Lipinski definition) is 2. The summed E-state index contributed by atoms with van der Waals surface area (Å²) in [5.41, 5.74) is 10.1. The molecule has 0 aromatic rings. The van der Waals surface area contributed by atoms with Gasteiger partial charge in [-0.1, -0.05) is 0 Å². The topological polar surface area (TPSA) is 55.3 Å². The second-order valence-corrected chi connectivity index (χ2v) is 2.31. The van der Waals surface area contributed by atoms with E-state index in [0.717, 1.165) is 6.54 Å². The maximum Gasteiger partial charge on any atom is 0.0179 e. The van der Waals surface area contributed by atoms with Gasteiger partial charge in [0.15, 0.2) is 0 Å². The van der Waals surface area contributed by atoms with Crippen molar-refractivity contribution in [3.63, 3.8) is 0 Å². The highest BCUT2D eigenvalue weighted by molar-refractivity contribution is 4.74. The van der Waals surface area contributed by atoms with Gasteiger partial charge in [-0.3, -0.25) is 0 Å². The van der Waals surface area contributed by atoms with E-state index in [1.165, 1.54) is 20.0 Å². The van der Waals surface area contributed by atoms with Gasteiger partial charge in [0, 0.05) is 12.6 Å². The van der Waals surface area contributed by atoms with Crippen LogP contribution in [0.3, 0.4) is 0 Å². The van der Waals surface area contributed by atoms with E-state index in [9.17, 15) is 0 Å². The Balaban J connectivity index is 0. The van der Waals surface area contributed by atoms with Crippen LogP contribution in [0.1, 0.15) is 6.42 Å².